The summed E-state index contributed by atoms with van der Waals surface area (Å²) in [4.78, 5) is 4.72. The zero-order valence-electron chi connectivity index (χ0n) is 12.2. The second-order valence-electron chi connectivity index (χ2n) is 5.34. The molecule has 112 valence electrons. The van der Waals surface area contributed by atoms with E-state index in [9.17, 15) is 5.11 Å². The number of aliphatic hydroxyl groups excluding tert-OH is 1. The fraction of sp³-hybridized carbons (Fsp3) is 0.600. The van der Waals surface area contributed by atoms with Crippen molar-refractivity contribution in [2.75, 3.05) is 46.9 Å². The predicted molar refractivity (Wildman–Crippen MR) is 81.5 cm³/mol. The van der Waals surface area contributed by atoms with Gasteiger partial charge in [-0.3, -0.25) is 0 Å². The molecule has 0 saturated carbocycles. The van der Waals surface area contributed by atoms with Gasteiger partial charge in [0.1, 0.15) is 5.75 Å². The highest BCUT2D eigenvalue weighted by atomic mass is 35.5. The first-order valence-electron chi connectivity index (χ1n) is 7.02. The maximum atomic E-state index is 10.4. The van der Waals surface area contributed by atoms with Crippen molar-refractivity contribution >= 4 is 11.6 Å². The van der Waals surface area contributed by atoms with Gasteiger partial charge in [-0.1, -0.05) is 11.6 Å². The van der Waals surface area contributed by atoms with Crippen LogP contribution < -0.4 is 4.74 Å². The van der Waals surface area contributed by atoms with E-state index in [1.165, 1.54) is 0 Å². The van der Waals surface area contributed by atoms with Crippen LogP contribution in [-0.2, 0) is 0 Å². The Balaban J connectivity index is 1.91. The summed E-state index contributed by atoms with van der Waals surface area (Å²) in [6, 6.07) is 5.36. The highest BCUT2D eigenvalue weighted by Gasteiger charge is 2.18. The summed E-state index contributed by atoms with van der Waals surface area (Å²) >= 11 is 6.00. The number of halogens is 1. The molecule has 1 atom stereocenters. The van der Waals surface area contributed by atoms with Crippen LogP contribution in [0.15, 0.2) is 18.2 Å². The molecule has 1 saturated heterocycles. The van der Waals surface area contributed by atoms with E-state index in [1.54, 1.807) is 25.3 Å². The van der Waals surface area contributed by atoms with E-state index < -0.39 is 6.10 Å². The zero-order chi connectivity index (χ0) is 14.5. The molecule has 0 radical (unpaired) electrons. The summed E-state index contributed by atoms with van der Waals surface area (Å²) in [5, 5.41) is 11.0. The molecule has 1 aromatic carbocycles. The van der Waals surface area contributed by atoms with E-state index in [1.807, 2.05) is 0 Å². The van der Waals surface area contributed by atoms with Crippen molar-refractivity contribution < 1.29 is 9.84 Å². The van der Waals surface area contributed by atoms with Gasteiger partial charge in [0.15, 0.2) is 0 Å². The van der Waals surface area contributed by atoms with Gasteiger partial charge in [-0.15, -0.1) is 0 Å². The maximum absolute atomic E-state index is 10.4. The Bertz CT molecular complexity index is 434. The van der Waals surface area contributed by atoms with Gasteiger partial charge in [0, 0.05) is 43.3 Å². The largest absolute Gasteiger partial charge is 0.496 e. The molecule has 0 spiro atoms. The van der Waals surface area contributed by atoms with Crippen LogP contribution in [0.2, 0.25) is 5.02 Å². The lowest BCUT2D eigenvalue weighted by atomic mass is 10.0. The number of methoxy groups -OCH3 is 1. The van der Waals surface area contributed by atoms with Gasteiger partial charge in [0.05, 0.1) is 13.2 Å². The van der Waals surface area contributed by atoms with Gasteiger partial charge < -0.3 is 19.6 Å². The highest BCUT2D eigenvalue weighted by Crippen LogP contribution is 2.30. The Kier molecular flexibility index (Phi) is 5.66. The van der Waals surface area contributed by atoms with Crippen LogP contribution >= 0.6 is 11.6 Å². The third-order valence-corrected chi connectivity index (χ3v) is 4.10. The Morgan fingerprint density at radius 1 is 1.30 bits per heavy atom. The Hall–Kier alpha value is -0.810. The first-order valence-corrected chi connectivity index (χ1v) is 7.40. The summed E-state index contributed by atoms with van der Waals surface area (Å²) in [7, 11) is 3.75. The average molecular weight is 299 g/mol. The van der Waals surface area contributed by atoms with Crippen molar-refractivity contribution in [1.29, 1.82) is 0 Å². The second-order valence-corrected chi connectivity index (χ2v) is 5.77. The molecule has 1 fully saturated rings. The first-order chi connectivity index (χ1) is 9.60. The Morgan fingerprint density at radius 3 is 2.65 bits per heavy atom. The third-order valence-electron chi connectivity index (χ3n) is 3.87. The SMILES string of the molecule is COc1ccc(Cl)cc1C(O)CCN1CCN(C)CC1. The average Bonchev–Trinajstić information content (AvgIpc) is 2.46. The second kappa shape index (κ2) is 7.27. The summed E-state index contributed by atoms with van der Waals surface area (Å²) in [5.74, 6) is 0.695. The quantitative estimate of drug-likeness (QED) is 0.902. The molecule has 1 N–H and O–H groups in total. The van der Waals surface area contributed by atoms with E-state index in [-0.39, 0.29) is 0 Å². The smallest absolute Gasteiger partial charge is 0.124 e. The summed E-state index contributed by atoms with van der Waals surface area (Å²) in [5.41, 5.74) is 0.772. The van der Waals surface area contributed by atoms with Crippen LogP contribution in [0.3, 0.4) is 0 Å². The van der Waals surface area contributed by atoms with Crippen LogP contribution in [0.1, 0.15) is 18.1 Å². The molecule has 0 aromatic heterocycles. The number of ether oxygens (including phenoxy) is 1. The Morgan fingerprint density at radius 2 is 2.00 bits per heavy atom. The molecule has 0 bridgehead atoms. The van der Waals surface area contributed by atoms with Crippen molar-refractivity contribution in [2.45, 2.75) is 12.5 Å². The van der Waals surface area contributed by atoms with Crippen LogP contribution in [0.25, 0.3) is 0 Å². The van der Waals surface area contributed by atoms with Gasteiger partial charge >= 0.3 is 0 Å². The number of piperazine rings is 1. The molecule has 1 aromatic rings. The monoisotopic (exact) mass is 298 g/mol. The van der Waals surface area contributed by atoms with Gasteiger partial charge in [0.2, 0.25) is 0 Å². The number of nitrogens with zero attached hydrogens (tertiary/aromatic N) is 2. The molecule has 1 aliphatic rings. The number of hydrogen-bond donors (Lipinski definition) is 1. The molecule has 1 aliphatic heterocycles. The minimum atomic E-state index is -0.539. The number of hydrogen-bond acceptors (Lipinski definition) is 4. The number of benzene rings is 1. The van der Waals surface area contributed by atoms with Gasteiger partial charge in [-0.2, -0.15) is 0 Å². The van der Waals surface area contributed by atoms with Crippen LogP contribution in [0.4, 0.5) is 0 Å². The molecule has 1 heterocycles. The summed E-state index contributed by atoms with van der Waals surface area (Å²) < 4.78 is 5.29. The third kappa shape index (κ3) is 4.09. The van der Waals surface area contributed by atoms with Crippen LogP contribution in [0.5, 0.6) is 5.75 Å². The Labute approximate surface area is 125 Å². The van der Waals surface area contributed by atoms with Gasteiger partial charge in [-0.25, -0.2) is 0 Å². The van der Waals surface area contributed by atoms with Gasteiger partial charge in [-0.05, 0) is 31.7 Å². The van der Waals surface area contributed by atoms with Crippen molar-refractivity contribution in [3.63, 3.8) is 0 Å². The number of likely N-dealkylation sites (N-methyl/N-ethyl adjacent to an activating group) is 1. The van der Waals surface area contributed by atoms with Crippen LogP contribution in [-0.4, -0.2) is 61.8 Å². The fourth-order valence-corrected chi connectivity index (χ4v) is 2.68. The summed E-state index contributed by atoms with van der Waals surface area (Å²) in [6.07, 6.45) is 0.156. The lowest BCUT2D eigenvalue weighted by molar-refractivity contribution is 0.111. The molecule has 2 rings (SSSR count). The van der Waals surface area contributed by atoms with Crippen molar-refractivity contribution in [1.82, 2.24) is 9.80 Å². The minimum Gasteiger partial charge on any atom is -0.496 e. The lowest BCUT2D eigenvalue weighted by Crippen LogP contribution is -2.44. The lowest BCUT2D eigenvalue weighted by Gasteiger charge is -2.32. The molecule has 0 amide bonds. The number of rotatable bonds is 5. The molecule has 4 nitrogen and oxygen atoms in total. The van der Waals surface area contributed by atoms with Crippen molar-refractivity contribution in [3.05, 3.63) is 28.8 Å². The van der Waals surface area contributed by atoms with E-state index in [2.05, 4.69) is 16.8 Å². The standard InChI is InChI=1S/C15H23ClN2O2/c1-17-7-9-18(10-8-17)6-5-14(19)13-11-12(16)3-4-15(13)20-2/h3-4,11,14,19H,5-10H2,1-2H3. The summed E-state index contributed by atoms with van der Waals surface area (Å²) in [6.45, 7) is 5.21. The normalized spacial score (nSPS) is 19.0. The number of aliphatic hydroxyl groups is 1. The highest BCUT2D eigenvalue weighted by molar-refractivity contribution is 6.30. The molecule has 0 aliphatic carbocycles. The molecule has 20 heavy (non-hydrogen) atoms. The van der Waals surface area contributed by atoms with Gasteiger partial charge in [0.25, 0.3) is 0 Å². The zero-order valence-corrected chi connectivity index (χ0v) is 12.9. The molecule has 1 unspecified atom stereocenters. The van der Waals surface area contributed by atoms with Crippen molar-refractivity contribution in [2.24, 2.45) is 0 Å². The van der Waals surface area contributed by atoms with Crippen LogP contribution in [0, 0.1) is 0 Å². The predicted octanol–water partition coefficient (Wildman–Crippen LogP) is 2.02. The maximum Gasteiger partial charge on any atom is 0.124 e. The first kappa shape index (κ1) is 15.6. The molecule has 5 heteroatoms. The van der Waals surface area contributed by atoms with E-state index in [0.717, 1.165) is 38.3 Å². The minimum absolute atomic E-state index is 0.539. The molecular weight excluding hydrogens is 276 g/mol. The molecular formula is C15H23ClN2O2. The van der Waals surface area contributed by atoms with E-state index >= 15 is 0 Å². The fourth-order valence-electron chi connectivity index (χ4n) is 2.50. The van der Waals surface area contributed by atoms with E-state index in [0.29, 0.717) is 17.2 Å². The van der Waals surface area contributed by atoms with E-state index in [4.69, 9.17) is 16.3 Å². The van der Waals surface area contributed by atoms with Crippen molar-refractivity contribution in [3.8, 4) is 5.75 Å². The topological polar surface area (TPSA) is 35.9 Å².